The zero-order valence-corrected chi connectivity index (χ0v) is 13.7. The summed E-state index contributed by atoms with van der Waals surface area (Å²) in [6.07, 6.45) is 2.72. The second-order valence-electron chi connectivity index (χ2n) is 5.65. The lowest BCUT2D eigenvalue weighted by Crippen LogP contribution is -2.38. The van der Waals surface area contributed by atoms with Crippen LogP contribution in [0, 0.1) is 12.8 Å². The van der Waals surface area contributed by atoms with E-state index in [1.54, 1.807) is 0 Å². The minimum Gasteiger partial charge on any atom is -0.481 e. The first-order valence-electron chi connectivity index (χ1n) is 7.24. The van der Waals surface area contributed by atoms with E-state index in [4.69, 9.17) is 5.11 Å². The molecule has 2 rings (SSSR count). The molecule has 114 valence electrons. The summed E-state index contributed by atoms with van der Waals surface area (Å²) in [5.41, 5.74) is 1.82. The fourth-order valence-corrected chi connectivity index (χ4v) is 3.38. The van der Waals surface area contributed by atoms with Gasteiger partial charge in [-0.3, -0.25) is 9.59 Å². The number of hydrogen-bond acceptors (Lipinski definition) is 2. The molecular formula is C16H20BrNO3. The summed E-state index contributed by atoms with van der Waals surface area (Å²) in [5.74, 6) is -0.262. The molecule has 1 aromatic rings. The molecule has 1 heterocycles. The lowest BCUT2D eigenvalue weighted by atomic mass is 9.92. The number of aryl methyl sites for hydroxylation is 1. The standard InChI is InChI=1S/C16H20BrNO3/c1-11-2-4-13(14(17)10-11)16(21)18-8-6-12(7-9-18)3-5-15(19)20/h2,4,10,12H,3,5-9H2,1H3,(H,19,20). The number of likely N-dealkylation sites (tertiary alicyclic amines) is 1. The van der Waals surface area contributed by atoms with Crippen molar-refractivity contribution in [3.8, 4) is 0 Å². The van der Waals surface area contributed by atoms with Gasteiger partial charge < -0.3 is 10.0 Å². The van der Waals surface area contributed by atoms with Gasteiger partial charge in [-0.05, 0) is 65.7 Å². The van der Waals surface area contributed by atoms with Gasteiger partial charge in [0, 0.05) is 24.0 Å². The third kappa shape index (κ3) is 4.30. The van der Waals surface area contributed by atoms with Crippen molar-refractivity contribution in [2.24, 2.45) is 5.92 Å². The number of benzene rings is 1. The molecule has 0 atom stereocenters. The average molecular weight is 354 g/mol. The molecule has 0 unspecified atom stereocenters. The molecule has 0 bridgehead atoms. The van der Waals surface area contributed by atoms with Crippen LogP contribution in [0.3, 0.4) is 0 Å². The van der Waals surface area contributed by atoms with Gasteiger partial charge in [0.15, 0.2) is 0 Å². The Balaban J connectivity index is 1.92. The Kier molecular flexibility index (Phi) is 5.39. The first kappa shape index (κ1) is 16.0. The number of nitrogens with zero attached hydrogens (tertiary/aromatic N) is 1. The van der Waals surface area contributed by atoms with Gasteiger partial charge >= 0.3 is 5.97 Å². The van der Waals surface area contributed by atoms with Crippen LogP contribution in [0.4, 0.5) is 0 Å². The minimum atomic E-state index is -0.739. The third-order valence-corrected chi connectivity index (χ3v) is 4.68. The summed E-state index contributed by atoms with van der Waals surface area (Å²) in [5, 5.41) is 8.72. The van der Waals surface area contributed by atoms with Crippen molar-refractivity contribution in [2.75, 3.05) is 13.1 Å². The number of carbonyl (C=O) groups is 2. The van der Waals surface area contributed by atoms with Crippen LogP contribution in [-0.2, 0) is 4.79 Å². The van der Waals surface area contributed by atoms with Crippen LogP contribution >= 0.6 is 15.9 Å². The molecule has 1 amide bonds. The Hall–Kier alpha value is -1.36. The second-order valence-corrected chi connectivity index (χ2v) is 6.51. The Morgan fingerprint density at radius 1 is 1.33 bits per heavy atom. The lowest BCUT2D eigenvalue weighted by Gasteiger charge is -2.32. The fourth-order valence-electron chi connectivity index (χ4n) is 2.72. The van der Waals surface area contributed by atoms with Crippen molar-refractivity contribution >= 4 is 27.8 Å². The zero-order valence-electron chi connectivity index (χ0n) is 12.1. The summed E-state index contributed by atoms with van der Waals surface area (Å²) in [6.45, 7) is 3.42. The van der Waals surface area contributed by atoms with Gasteiger partial charge in [-0.15, -0.1) is 0 Å². The molecule has 1 aromatic carbocycles. The summed E-state index contributed by atoms with van der Waals surface area (Å²) in [6, 6.07) is 5.75. The van der Waals surface area contributed by atoms with E-state index in [0.717, 1.165) is 22.9 Å². The van der Waals surface area contributed by atoms with Crippen LogP contribution in [-0.4, -0.2) is 35.0 Å². The maximum atomic E-state index is 12.5. The molecule has 1 fully saturated rings. The van der Waals surface area contributed by atoms with Crippen LogP contribution in [0.1, 0.15) is 41.6 Å². The number of carbonyl (C=O) groups excluding carboxylic acids is 1. The fraction of sp³-hybridized carbons (Fsp3) is 0.500. The topological polar surface area (TPSA) is 57.6 Å². The van der Waals surface area contributed by atoms with Gasteiger partial charge in [-0.2, -0.15) is 0 Å². The van der Waals surface area contributed by atoms with Gasteiger partial charge in [-0.1, -0.05) is 6.07 Å². The number of carboxylic acid groups (broad SMARTS) is 1. The van der Waals surface area contributed by atoms with Gasteiger partial charge in [0.1, 0.15) is 0 Å². The molecule has 0 spiro atoms. The summed E-state index contributed by atoms with van der Waals surface area (Å²) >= 11 is 3.45. The maximum absolute atomic E-state index is 12.5. The molecule has 5 heteroatoms. The number of amides is 1. The van der Waals surface area contributed by atoms with Crippen molar-refractivity contribution in [1.29, 1.82) is 0 Å². The van der Waals surface area contributed by atoms with E-state index in [9.17, 15) is 9.59 Å². The summed E-state index contributed by atoms with van der Waals surface area (Å²) in [7, 11) is 0. The van der Waals surface area contributed by atoms with Crippen molar-refractivity contribution in [1.82, 2.24) is 4.90 Å². The SMILES string of the molecule is Cc1ccc(C(=O)N2CCC(CCC(=O)O)CC2)c(Br)c1. The van der Waals surface area contributed by atoms with Crippen LogP contribution in [0.5, 0.6) is 0 Å². The third-order valence-electron chi connectivity index (χ3n) is 4.02. The van der Waals surface area contributed by atoms with Gasteiger partial charge in [0.2, 0.25) is 0 Å². The number of hydrogen-bond donors (Lipinski definition) is 1. The van der Waals surface area contributed by atoms with E-state index < -0.39 is 5.97 Å². The van der Waals surface area contributed by atoms with Gasteiger partial charge in [0.05, 0.1) is 5.56 Å². The number of piperidine rings is 1. The van der Waals surface area contributed by atoms with Gasteiger partial charge in [-0.25, -0.2) is 0 Å². The summed E-state index contributed by atoms with van der Waals surface area (Å²) < 4.78 is 0.834. The smallest absolute Gasteiger partial charge is 0.303 e. The first-order chi connectivity index (χ1) is 9.97. The maximum Gasteiger partial charge on any atom is 0.303 e. The van der Waals surface area contributed by atoms with Crippen LogP contribution < -0.4 is 0 Å². The highest BCUT2D eigenvalue weighted by molar-refractivity contribution is 9.10. The van der Waals surface area contributed by atoms with E-state index >= 15 is 0 Å². The molecular weight excluding hydrogens is 334 g/mol. The van der Waals surface area contributed by atoms with Crippen molar-refractivity contribution in [3.05, 3.63) is 33.8 Å². The molecule has 1 N–H and O–H groups in total. The first-order valence-corrected chi connectivity index (χ1v) is 8.04. The molecule has 21 heavy (non-hydrogen) atoms. The Labute approximate surface area is 133 Å². The second kappa shape index (κ2) is 7.07. The molecule has 0 radical (unpaired) electrons. The van der Waals surface area contributed by atoms with E-state index in [0.29, 0.717) is 31.0 Å². The lowest BCUT2D eigenvalue weighted by molar-refractivity contribution is -0.137. The average Bonchev–Trinajstić information content (AvgIpc) is 2.45. The van der Waals surface area contributed by atoms with E-state index in [1.165, 1.54) is 0 Å². The molecule has 1 aliphatic rings. The summed E-state index contributed by atoms with van der Waals surface area (Å²) in [4.78, 5) is 25.0. The van der Waals surface area contributed by atoms with Gasteiger partial charge in [0.25, 0.3) is 5.91 Å². The molecule has 0 saturated carbocycles. The Bertz CT molecular complexity index is 536. The highest BCUT2D eigenvalue weighted by Crippen LogP contribution is 2.25. The highest BCUT2D eigenvalue weighted by Gasteiger charge is 2.24. The minimum absolute atomic E-state index is 0.0542. The molecule has 4 nitrogen and oxygen atoms in total. The van der Waals surface area contributed by atoms with Crippen molar-refractivity contribution < 1.29 is 14.7 Å². The predicted octanol–water partition coefficient (Wildman–Crippen LogP) is 3.47. The molecule has 0 aromatic heterocycles. The number of carboxylic acids is 1. The zero-order chi connectivity index (χ0) is 15.4. The molecule has 1 aliphatic heterocycles. The van der Waals surface area contributed by atoms with Crippen molar-refractivity contribution in [3.63, 3.8) is 0 Å². The monoisotopic (exact) mass is 353 g/mol. The Morgan fingerprint density at radius 2 is 2.00 bits per heavy atom. The number of halogens is 1. The normalized spacial score (nSPS) is 16.0. The number of aliphatic carboxylic acids is 1. The molecule has 0 aliphatic carbocycles. The van der Waals surface area contributed by atoms with E-state index in [2.05, 4.69) is 15.9 Å². The largest absolute Gasteiger partial charge is 0.481 e. The van der Waals surface area contributed by atoms with Crippen LogP contribution in [0.25, 0.3) is 0 Å². The van der Waals surface area contributed by atoms with E-state index in [1.807, 2.05) is 30.0 Å². The molecule has 1 saturated heterocycles. The van der Waals surface area contributed by atoms with Crippen LogP contribution in [0.2, 0.25) is 0 Å². The highest BCUT2D eigenvalue weighted by atomic mass is 79.9. The Morgan fingerprint density at radius 3 is 2.57 bits per heavy atom. The van der Waals surface area contributed by atoms with Crippen LogP contribution in [0.15, 0.2) is 22.7 Å². The predicted molar refractivity (Wildman–Crippen MR) is 84.4 cm³/mol. The van der Waals surface area contributed by atoms with E-state index in [-0.39, 0.29) is 12.3 Å². The number of rotatable bonds is 4. The quantitative estimate of drug-likeness (QED) is 0.901. The van der Waals surface area contributed by atoms with Crippen molar-refractivity contribution in [2.45, 2.75) is 32.6 Å².